The van der Waals surface area contributed by atoms with Crippen molar-refractivity contribution in [1.29, 1.82) is 0 Å². The Hall–Kier alpha value is -2.27. The van der Waals surface area contributed by atoms with Crippen LogP contribution in [0.25, 0.3) is 0 Å². The average Bonchev–Trinajstić information content (AvgIpc) is 2.78. The van der Waals surface area contributed by atoms with Crippen LogP contribution in [0.3, 0.4) is 0 Å². The molecule has 9 nitrogen and oxygen atoms in total. The number of hydrogen-bond acceptors (Lipinski definition) is 6. The number of aryl methyl sites for hydroxylation is 1. The molecule has 0 unspecified atom stereocenters. The largest absolute Gasteiger partial charge is 0.506 e. The zero-order valence-corrected chi connectivity index (χ0v) is 16.3. The Balaban J connectivity index is 2.07. The third kappa shape index (κ3) is 4.42. The van der Waals surface area contributed by atoms with Crippen molar-refractivity contribution in [1.82, 2.24) is 15.2 Å². The number of aromatic hydroxyl groups is 1. The summed E-state index contributed by atoms with van der Waals surface area (Å²) in [6, 6.07) is 3.29. The Morgan fingerprint density at radius 3 is 2.76 bits per heavy atom. The summed E-state index contributed by atoms with van der Waals surface area (Å²) in [5, 5.41) is 28.6. The van der Waals surface area contributed by atoms with Crippen molar-refractivity contribution in [3.05, 3.63) is 48.1 Å². The smallest absolute Gasteiger partial charge is 0.312 e. The molecule has 0 spiro atoms. The monoisotopic (exact) mass is 473 g/mol. The number of hydrogen-bond donors (Lipinski definition) is 2. The van der Waals surface area contributed by atoms with Crippen LogP contribution in [-0.4, -0.2) is 31.9 Å². The van der Waals surface area contributed by atoms with Gasteiger partial charge in [-0.25, -0.2) is 5.43 Å². The van der Waals surface area contributed by atoms with Gasteiger partial charge in [-0.15, -0.1) is 0 Å². The van der Waals surface area contributed by atoms with Crippen molar-refractivity contribution in [2.75, 3.05) is 0 Å². The third-order valence-corrected chi connectivity index (χ3v) is 4.33. The lowest BCUT2D eigenvalue weighted by Crippen LogP contribution is -2.24. The Morgan fingerprint density at radius 2 is 2.16 bits per heavy atom. The van der Waals surface area contributed by atoms with Gasteiger partial charge in [0.2, 0.25) is 0 Å². The molecule has 25 heavy (non-hydrogen) atoms. The van der Waals surface area contributed by atoms with Gasteiger partial charge in [0.1, 0.15) is 23.7 Å². The van der Waals surface area contributed by atoms with Crippen molar-refractivity contribution in [3.8, 4) is 5.75 Å². The van der Waals surface area contributed by atoms with Gasteiger partial charge in [-0.2, -0.15) is 10.2 Å². The van der Waals surface area contributed by atoms with Gasteiger partial charge in [0.15, 0.2) is 0 Å². The normalized spacial score (nSPS) is 11.0. The molecule has 132 valence electrons. The van der Waals surface area contributed by atoms with E-state index in [1.807, 2.05) is 0 Å². The van der Waals surface area contributed by atoms with Gasteiger partial charge in [-0.05, 0) is 41.9 Å². The summed E-state index contributed by atoms with van der Waals surface area (Å²) >= 11 is 6.48. The van der Waals surface area contributed by atoms with E-state index >= 15 is 0 Å². The first-order chi connectivity index (χ1) is 11.7. The minimum absolute atomic E-state index is 0.0182. The molecule has 1 heterocycles. The number of nitrogens with zero attached hydrogens (tertiary/aromatic N) is 4. The molecule has 0 aliphatic heterocycles. The number of phenolic OH excluding ortho intramolecular Hbond substituents is 1. The van der Waals surface area contributed by atoms with Crippen LogP contribution in [-0.2, 0) is 11.3 Å². The van der Waals surface area contributed by atoms with Crippen LogP contribution in [0.1, 0.15) is 17.0 Å². The highest BCUT2D eigenvalue weighted by Crippen LogP contribution is 2.30. The Labute approximate surface area is 159 Å². The fourth-order valence-corrected chi connectivity index (χ4v) is 3.39. The van der Waals surface area contributed by atoms with Crippen LogP contribution in [0.5, 0.6) is 5.75 Å². The van der Waals surface area contributed by atoms with E-state index in [-0.39, 0.29) is 29.4 Å². The quantitative estimate of drug-likeness (QED) is 0.391. The van der Waals surface area contributed by atoms with Crippen molar-refractivity contribution in [2.24, 2.45) is 5.10 Å². The molecule has 2 aromatic rings. The third-order valence-electron chi connectivity index (χ3n) is 3.27. The van der Waals surface area contributed by atoms with Crippen LogP contribution in [0.15, 0.2) is 26.2 Å². The van der Waals surface area contributed by atoms with Crippen LogP contribution in [0.2, 0.25) is 0 Å². The summed E-state index contributed by atoms with van der Waals surface area (Å²) in [5.74, 6) is -0.527. The second-order valence-corrected chi connectivity index (χ2v) is 6.82. The molecule has 2 rings (SSSR count). The van der Waals surface area contributed by atoms with E-state index in [0.717, 1.165) is 4.47 Å². The van der Waals surface area contributed by atoms with Gasteiger partial charge in [-0.1, -0.05) is 15.9 Å². The first-order valence-electron chi connectivity index (χ1n) is 6.89. The number of hydrazone groups is 1. The number of rotatable bonds is 5. The van der Waals surface area contributed by atoms with E-state index < -0.39 is 10.8 Å². The number of nitrogens with one attached hydrogen (secondary N) is 1. The molecule has 2 N–H and O–H groups in total. The lowest BCUT2D eigenvalue weighted by Gasteiger charge is -2.04. The van der Waals surface area contributed by atoms with E-state index in [0.29, 0.717) is 10.0 Å². The molecule has 1 amide bonds. The predicted molar refractivity (Wildman–Crippen MR) is 97.6 cm³/mol. The average molecular weight is 475 g/mol. The van der Waals surface area contributed by atoms with Crippen LogP contribution >= 0.6 is 31.9 Å². The fraction of sp³-hybridized carbons (Fsp3) is 0.214. The topological polar surface area (TPSA) is 123 Å². The summed E-state index contributed by atoms with van der Waals surface area (Å²) < 4.78 is 2.44. The van der Waals surface area contributed by atoms with E-state index in [1.165, 1.54) is 24.7 Å². The number of aromatic nitrogens is 2. The van der Waals surface area contributed by atoms with Crippen molar-refractivity contribution < 1.29 is 14.8 Å². The highest BCUT2D eigenvalue weighted by atomic mass is 79.9. The van der Waals surface area contributed by atoms with Gasteiger partial charge >= 0.3 is 5.69 Å². The summed E-state index contributed by atoms with van der Waals surface area (Å²) in [6.07, 6.45) is 1.28. The Morgan fingerprint density at radius 1 is 1.48 bits per heavy atom. The molecule has 1 aromatic carbocycles. The molecule has 0 bridgehead atoms. The van der Waals surface area contributed by atoms with E-state index in [2.05, 4.69) is 47.5 Å². The number of amides is 1. The highest BCUT2D eigenvalue weighted by molar-refractivity contribution is 9.11. The number of carbonyl (C=O) groups is 1. The Bertz CT molecular complexity index is 879. The van der Waals surface area contributed by atoms with Gasteiger partial charge in [0.25, 0.3) is 5.91 Å². The van der Waals surface area contributed by atoms with Gasteiger partial charge in [0, 0.05) is 10.0 Å². The predicted octanol–water partition coefficient (Wildman–Crippen LogP) is 2.79. The summed E-state index contributed by atoms with van der Waals surface area (Å²) in [6.45, 7) is 2.81. The van der Waals surface area contributed by atoms with Crippen molar-refractivity contribution in [2.45, 2.75) is 20.4 Å². The van der Waals surface area contributed by atoms with Gasteiger partial charge in [-0.3, -0.25) is 19.6 Å². The SMILES string of the molecule is Cc1nn(CC(=O)NN=Cc2cc(Br)cc(Br)c2O)c(C)c1[N+](=O)[O-]. The molecule has 0 aliphatic rings. The molecule has 0 saturated heterocycles. The number of benzene rings is 1. The number of nitro groups is 1. The summed E-state index contributed by atoms with van der Waals surface area (Å²) in [5.41, 5.74) is 3.10. The standard InChI is InChI=1S/C14H13Br2N5O4/c1-7-13(21(24)25)8(2)20(19-7)6-12(22)18-17-5-9-3-10(15)4-11(16)14(9)23/h3-5,23H,6H2,1-2H3,(H,18,22). The van der Waals surface area contributed by atoms with Crippen molar-refractivity contribution in [3.63, 3.8) is 0 Å². The number of halogens is 2. The molecule has 0 fully saturated rings. The lowest BCUT2D eigenvalue weighted by atomic mass is 10.2. The molecule has 0 atom stereocenters. The molecule has 0 aliphatic carbocycles. The molecule has 1 aromatic heterocycles. The zero-order valence-electron chi connectivity index (χ0n) is 13.2. The Kier molecular flexibility index (Phi) is 5.90. The number of carbonyl (C=O) groups excluding carboxylic acids is 1. The minimum atomic E-state index is -0.530. The fourth-order valence-electron chi connectivity index (χ4n) is 2.14. The second-order valence-electron chi connectivity index (χ2n) is 5.05. The van der Waals surface area contributed by atoms with E-state index in [4.69, 9.17) is 0 Å². The van der Waals surface area contributed by atoms with E-state index in [1.54, 1.807) is 12.1 Å². The van der Waals surface area contributed by atoms with Crippen LogP contribution in [0, 0.1) is 24.0 Å². The van der Waals surface area contributed by atoms with Crippen LogP contribution < -0.4 is 5.43 Å². The zero-order chi connectivity index (χ0) is 18.7. The van der Waals surface area contributed by atoms with Gasteiger partial charge < -0.3 is 5.11 Å². The molecular weight excluding hydrogens is 462 g/mol. The molecule has 11 heteroatoms. The second kappa shape index (κ2) is 7.74. The summed E-state index contributed by atoms with van der Waals surface area (Å²) in [4.78, 5) is 22.4. The number of phenols is 1. The first kappa shape index (κ1) is 19.1. The maximum Gasteiger partial charge on any atom is 0.312 e. The minimum Gasteiger partial charge on any atom is -0.506 e. The molecular formula is C14H13Br2N5O4. The maximum absolute atomic E-state index is 11.9. The summed E-state index contributed by atoms with van der Waals surface area (Å²) in [7, 11) is 0. The van der Waals surface area contributed by atoms with Crippen molar-refractivity contribution >= 4 is 49.7 Å². The molecule has 0 radical (unpaired) electrons. The lowest BCUT2D eigenvalue weighted by molar-refractivity contribution is -0.386. The van der Waals surface area contributed by atoms with E-state index in [9.17, 15) is 20.0 Å². The highest BCUT2D eigenvalue weighted by Gasteiger charge is 2.22. The van der Waals surface area contributed by atoms with Gasteiger partial charge in [0.05, 0.1) is 15.6 Å². The maximum atomic E-state index is 11.9. The van der Waals surface area contributed by atoms with Crippen LogP contribution in [0.4, 0.5) is 5.69 Å². The molecule has 0 saturated carbocycles. The first-order valence-corrected chi connectivity index (χ1v) is 8.47.